The molecule has 3 heterocycles. The number of fused-ring (bicyclic) bond motifs is 1. The summed E-state index contributed by atoms with van der Waals surface area (Å²) < 4.78 is 9.74. The van der Waals surface area contributed by atoms with Crippen LogP contribution in [0.1, 0.15) is 40.2 Å². The van der Waals surface area contributed by atoms with Crippen LogP contribution in [-0.2, 0) is 0 Å². The quantitative estimate of drug-likeness (QED) is 0.907. The molecule has 1 saturated carbocycles. The van der Waals surface area contributed by atoms with E-state index < -0.39 is 0 Å². The standard InChI is InChI=1S/C16H18N4O4/c21-14(12-5-23-9-18-12)17-7-16-3-1-2-11(16)4-20(8-16)15(22)13-6-24-10-19-13/h5-6,9-11H,1-4,7-8H2,(H,17,21)/t11-,16-/m0/s1. The molecule has 8 nitrogen and oxygen atoms in total. The van der Waals surface area contributed by atoms with Crippen LogP contribution in [0, 0.1) is 11.3 Å². The van der Waals surface area contributed by atoms with Gasteiger partial charge in [-0.05, 0) is 18.8 Å². The second kappa shape index (κ2) is 5.77. The van der Waals surface area contributed by atoms with Crippen LogP contribution in [0.5, 0.6) is 0 Å². The Hall–Kier alpha value is -2.64. The molecule has 2 atom stereocenters. The average molecular weight is 330 g/mol. The number of likely N-dealkylation sites (tertiary alicyclic amines) is 1. The van der Waals surface area contributed by atoms with Crippen LogP contribution in [-0.4, -0.2) is 46.3 Å². The number of hydrogen-bond donors (Lipinski definition) is 1. The molecule has 8 heteroatoms. The zero-order valence-corrected chi connectivity index (χ0v) is 13.1. The van der Waals surface area contributed by atoms with E-state index in [2.05, 4.69) is 15.3 Å². The fourth-order valence-electron chi connectivity index (χ4n) is 4.01. The first-order valence-corrected chi connectivity index (χ1v) is 8.02. The Bertz CT molecular complexity index is 727. The van der Waals surface area contributed by atoms with Crippen LogP contribution in [0.3, 0.4) is 0 Å². The maximum absolute atomic E-state index is 12.5. The molecular weight excluding hydrogens is 312 g/mol. The first-order valence-electron chi connectivity index (χ1n) is 8.02. The number of oxazole rings is 2. The minimum absolute atomic E-state index is 0.0706. The second-order valence-electron chi connectivity index (χ2n) is 6.57. The first kappa shape index (κ1) is 14.9. The van der Waals surface area contributed by atoms with E-state index in [1.165, 1.54) is 25.3 Å². The number of rotatable bonds is 4. The van der Waals surface area contributed by atoms with Gasteiger partial charge in [0.1, 0.15) is 12.5 Å². The summed E-state index contributed by atoms with van der Waals surface area (Å²) in [5.74, 6) is 0.0383. The number of amides is 2. The Morgan fingerprint density at radius 2 is 2.00 bits per heavy atom. The Kier molecular flexibility index (Phi) is 3.59. The molecule has 0 radical (unpaired) electrons. The van der Waals surface area contributed by atoms with Crippen molar-refractivity contribution < 1.29 is 18.4 Å². The van der Waals surface area contributed by atoms with Gasteiger partial charge in [-0.2, -0.15) is 0 Å². The van der Waals surface area contributed by atoms with Crippen LogP contribution < -0.4 is 5.32 Å². The topological polar surface area (TPSA) is 101 Å². The van der Waals surface area contributed by atoms with E-state index in [9.17, 15) is 9.59 Å². The number of hydrogen-bond acceptors (Lipinski definition) is 6. The number of carbonyl (C=O) groups is 2. The molecule has 2 aromatic heterocycles. The highest BCUT2D eigenvalue weighted by Crippen LogP contribution is 2.48. The highest BCUT2D eigenvalue weighted by molar-refractivity contribution is 5.92. The van der Waals surface area contributed by atoms with Crippen molar-refractivity contribution in [1.29, 1.82) is 0 Å². The van der Waals surface area contributed by atoms with E-state index in [0.29, 0.717) is 31.2 Å². The molecule has 0 unspecified atom stereocenters. The molecule has 1 saturated heterocycles. The molecule has 2 amide bonds. The van der Waals surface area contributed by atoms with Crippen LogP contribution in [0.4, 0.5) is 0 Å². The van der Waals surface area contributed by atoms with Crippen LogP contribution >= 0.6 is 0 Å². The molecule has 0 spiro atoms. The van der Waals surface area contributed by atoms with Crippen molar-refractivity contribution in [2.45, 2.75) is 19.3 Å². The summed E-state index contributed by atoms with van der Waals surface area (Å²) >= 11 is 0. The Morgan fingerprint density at radius 1 is 1.25 bits per heavy atom. The lowest BCUT2D eigenvalue weighted by molar-refractivity contribution is 0.0761. The third-order valence-corrected chi connectivity index (χ3v) is 5.24. The SMILES string of the molecule is O=C(NC[C@]12CCC[C@H]1CN(C(=O)c1cocn1)C2)c1cocn1. The Balaban J connectivity index is 1.45. The van der Waals surface area contributed by atoms with Crippen molar-refractivity contribution in [2.75, 3.05) is 19.6 Å². The minimum Gasteiger partial charge on any atom is -0.451 e. The van der Waals surface area contributed by atoms with Gasteiger partial charge in [-0.1, -0.05) is 6.42 Å². The van der Waals surface area contributed by atoms with E-state index >= 15 is 0 Å². The molecule has 0 bridgehead atoms. The summed E-state index contributed by atoms with van der Waals surface area (Å²) in [5.41, 5.74) is 0.532. The lowest BCUT2D eigenvalue weighted by atomic mass is 9.80. The largest absolute Gasteiger partial charge is 0.451 e. The zero-order chi connectivity index (χ0) is 16.6. The van der Waals surface area contributed by atoms with Gasteiger partial charge in [0.25, 0.3) is 11.8 Å². The molecular formula is C16H18N4O4. The van der Waals surface area contributed by atoms with Crippen molar-refractivity contribution in [3.05, 3.63) is 36.7 Å². The maximum Gasteiger partial charge on any atom is 0.275 e. The molecule has 126 valence electrons. The summed E-state index contributed by atoms with van der Waals surface area (Å²) in [6.45, 7) is 1.86. The normalized spacial score (nSPS) is 25.7. The molecule has 2 aromatic rings. The smallest absolute Gasteiger partial charge is 0.275 e. The van der Waals surface area contributed by atoms with Crippen molar-refractivity contribution in [1.82, 2.24) is 20.2 Å². The van der Waals surface area contributed by atoms with Crippen molar-refractivity contribution in [3.8, 4) is 0 Å². The molecule has 1 N–H and O–H groups in total. The van der Waals surface area contributed by atoms with Crippen molar-refractivity contribution in [2.24, 2.45) is 11.3 Å². The third-order valence-electron chi connectivity index (χ3n) is 5.24. The number of nitrogens with one attached hydrogen (secondary N) is 1. The Labute approximate surface area is 138 Å². The van der Waals surface area contributed by atoms with Crippen LogP contribution in [0.15, 0.2) is 34.1 Å². The highest BCUT2D eigenvalue weighted by Gasteiger charge is 2.50. The second-order valence-corrected chi connectivity index (χ2v) is 6.57. The zero-order valence-electron chi connectivity index (χ0n) is 13.1. The number of aromatic nitrogens is 2. The van der Waals surface area contributed by atoms with Gasteiger partial charge in [-0.25, -0.2) is 9.97 Å². The maximum atomic E-state index is 12.5. The van der Waals surface area contributed by atoms with Gasteiger partial charge in [-0.3, -0.25) is 9.59 Å². The Morgan fingerprint density at radius 3 is 2.71 bits per heavy atom. The van der Waals surface area contributed by atoms with Gasteiger partial charge in [0.2, 0.25) is 0 Å². The summed E-state index contributed by atoms with van der Waals surface area (Å²) in [7, 11) is 0. The van der Waals surface area contributed by atoms with E-state index in [0.717, 1.165) is 19.3 Å². The van der Waals surface area contributed by atoms with Gasteiger partial charge >= 0.3 is 0 Å². The lowest BCUT2D eigenvalue weighted by Crippen LogP contribution is -2.41. The summed E-state index contributed by atoms with van der Waals surface area (Å²) in [6.07, 6.45) is 8.39. The fraction of sp³-hybridized carbons (Fsp3) is 0.500. The third kappa shape index (κ3) is 2.47. The molecule has 2 fully saturated rings. The number of carbonyl (C=O) groups excluding carboxylic acids is 2. The summed E-state index contributed by atoms with van der Waals surface area (Å²) in [5, 5.41) is 2.95. The van der Waals surface area contributed by atoms with Gasteiger partial charge in [0.15, 0.2) is 24.2 Å². The summed E-state index contributed by atoms with van der Waals surface area (Å²) in [4.78, 5) is 34.2. The van der Waals surface area contributed by atoms with E-state index in [-0.39, 0.29) is 22.9 Å². The van der Waals surface area contributed by atoms with Crippen LogP contribution in [0.25, 0.3) is 0 Å². The molecule has 1 aliphatic carbocycles. The van der Waals surface area contributed by atoms with E-state index in [4.69, 9.17) is 8.83 Å². The monoisotopic (exact) mass is 330 g/mol. The van der Waals surface area contributed by atoms with Gasteiger partial charge < -0.3 is 19.1 Å². The first-order chi connectivity index (χ1) is 11.7. The van der Waals surface area contributed by atoms with Crippen molar-refractivity contribution in [3.63, 3.8) is 0 Å². The molecule has 24 heavy (non-hydrogen) atoms. The molecule has 1 aliphatic heterocycles. The minimum atomic E-state index is -0.245. The van der Waals surface area contributed by atoms with E-state index in [1.807, 2.05) is 4.90 Å². The predicted octanol–water partition coefficient (Wildman–Crippen LogP) is 1.33. The molecule has 0 aromatic carbocycles. The van der Waals surface area contributed by atoms with Crippen LogP contribution in [0.2, 0.25) is 0 Å². The molecule has 4 rings (SSSR count). The van der Waals surface area contributed by atoms with E-state index in [1.54, 1.807) is 0 Å². The van der Waals surface area contributed by atoms with Gasteiger partial charge in [0.05, 0.1) is 0 Å². The van der Waals surface area contributed by atoms with Gasteiger partial charge in [-0.15, -0.1) is 0 Å². The summed E-state index contributed by atoms with van der Waals surface area (Å²) in [6, 6.07) is 0. The molecule has 2 aliphatic rings. The highest BCUT2D eigenvalue weighted by atomic mass is 16.3. The lowest BCUT2D eigenvalue weighted by Gasteiger charge is -2.28. The number of nitrogens with zero attached hydrogens (tertiary/aromatic N) is 3. The van der Waals surface area contributed by atoms with Crippen molar-refractivity contribution >= 4 is 11.8 Å². The van der Waals surface area contributed by atoms with Gasteiger partial charge in [0, 0.05) is 25.0 Å². The fourth-order valence-corrected chi connectivity index (χ4v) is 4.01. The average Bonchev–Trinajstić information content (AvgIpc) is 3.36. The predicted molar refractivity (Wildman–Crippen MR) is 81.0 cm³/mol.